The molecule has 8 nitrogen and oxygen atoms in total. The van der Waals surface area contributed by atoms with Crippen LogP contribution in [0.25, 0.3) is 0 Å². The number of nitrogens with one attached hydrogen (secondary N) is 1. The van der Waals surface area contributed by atoms with Gasteiger partial charge in [0.25, 0.3) is 0 Å². The molecule has 0 radical (unpaired) electrons. The number of rotatable bonds is 3. The molecule has 108 valence electrons. The molecule has 1 saturated heterocycles. The number of aldehydes is 1. The molecule has 1 fully saturated rings. The predicted octanol–water partition coefficient (Wildman–Crippen LogP) is -0.221. The van der Waals surface area contributed by atoms with Crippen LogP contribution in [0.2, 0.25) is 0 Å². The third kappa shape index (κ3) is 2.01. The number of imidazole rings is 1. The summed E-state index contributed by atoms with van der Waals surface area (Å²) in [6.07, 6.45) is 1.65. The van der Waals surface area contributed by atoms with Crippen LogP contribution in [0.1, 0.15) is 31.4 Å². The number of ether oxygens (including phenoxy) is 1. The standard InChI is InChI=1S/C12H17N5O3/c1-6-15-11(13)10-12(16-6)17(5-14-10)9-2-7(3-18)8(4-19)20-9/h3,5,7-9,11,19H,2,4,13H2,1H3,(H,15,16)/t7-,8-,9-,11?/m1/s1. The topological polar surface area (TPSA) is 115 Å². The number of fused-ring (bicyclic) bond motifs is 1. The van der Waals surface area contributed by atoms with Gasteiger partial charge in [0, 0.05) is 12.3 Å². The third-order valence-electron chi connectivity index (χ3n) is 3.68. The van der Waals surface area contributed by atoms with Crippen molar-refractivity contribution in [3.63, 3.8) is 0 Å². The maximum Gasteiger partial charge on any atom is 0.145 e. The van der Waals surface area contributed by atoms with E-state index in [1.165, 1.54) is 0 Å². The zero-order chi connectivity index (χ0) is 14.3. The molecule has 2 aliphatic heterocycles. The van der Waals surface area contributed by atoms with E-state index in [2.05, 4.69) is 15.3 Å². The van der Waals surface area contributed by atoms with E-state index in [4.69, 9.17) is 10.5 Å². The van der Waals surface area contributed by atoms with Gasteiger partial charge in [0.05, 0.1) is 19.0 Å². The Morgan fingerprint density at radius 1 is 1.70 bits per heavy atom. The molecule has 2 aliphatic rings. The Labute approximate surface area is 115 Å². The minimum atomic E-state index is -0.496. The lowest BCUT2D eigenvalue weighted by molar-refractivity contribution is -0.113. The minimum Gasteiger partial charge on any atom is -0.394 e. The van der Waals surface area contributed by atoms with Gasteiger partial charge >= 0.3 is 0 Å². The summed E-state index contributed by atoms with van der Waals surface area (Å²) < 4.78 is 7.52. The summed E-state index contributed by atoms with van der Waals surface area (Å²) in [4.78, 5) is 19.5. The van der Waals surface area contributed by atoms with E-state index in [1.807, 2.05) is 6.92 Å². The number of carbonyl (C=O) groups is 1. The lowest BCUT2D eigenvalue weighted by Gasteiger charge is -2.21. The van der Waals surface area contributed by atoms with Crippen LogP contribution in [0.5, 0.6) is 0 Å². The summed E-state index contributed by atoms with van der Waals surface area (Å²) in [5.74, 6) is 1.13. The Bertz CT molecular complexity index is 555. The second kappa shape index (κ2) is 4.97. The van der Waals surface area contributed by atoms with Crippen molar-refractivity contribution < 1.29 is 14.6 Å². The lowest BCUT2D eigenvalue weighted by atomic mass is 10.0. The second-order valence-electron chi connectivity index (χ2n) is 5.02. The summed E-state index contributed by atoms with van der Waals surface area (Å²) in [6, 6.07) is 0. The molecule has 4 atom stereocenters. The maximum atomic E-state index is 11.0. The van der Waals surface area contributed by atoms with Gasteiger partial charge in [0.15, 0.2) is 0 Å². The predicted molar refractivity (Wildman–Crippen MR) is 71.1 cm³/mol. The quantitative estimate of drug-likeness (QED) is 0.659. The SMILES string of the molecule is CC1=NC(N)c2ncn([C@H]3C[C@H](C=O)[C@@H](CO)O3)c2N1. The summed E-state index contributed by atoms with van der Waals surface area (Å²) >= 11 is 0. The normalized spacial score (nSPS) is 32.5. The van der Waals surface area contributed by atoms with Crippen molar-refractivity contribution in [3.05, 3.63) is 12.0 Å². The van der Waals surface area contributed by atoms with E-state index >= 15 is 0 Å². The summed E-state index contributed by atoms with van der Waals surface area (Å²) in [6.45, 7) is 1.64. The van der Waals surface area contributed by atoms with E-state index < -0.39 is 12.3 Å². The number of aliphatic imine (C=N–C) groups is 1. The van der Waals surface area contributed by atoms with Crippen LogP contribution >= 0.6 is 0 Å². The Morgan fingerprint density at radius 3 is 3.15 bits per heavy atom. The first-order valence-corrected chi connectivity index (χ1v) is 6.49. The van der Waals surface area contributed by atoms with Gasteiger partial charge in [0.1, 0.15) is 36.0 Å². The first-order valence-electron chi connectivity index (χ1n) is 6.49. The van der Waals surface area contributed by atoms with Crippen molar-refractivity contribution in [2.45, 2.75) is 31.8 Å². The second-order valence-corrected chi connectivity index (χ2v) is 5.02. The molecule has 3 rings (SSSR count). The zero-order valence-electron chi connectivity index (χ0n) is 11.1. The van der Waals surface area contributed by atoms with Crippen molar-refractivity contribution >= 4 is 17.9 Å². The lowest BCUT2D eigenvalue weighted by Crippen LogP contribution is -2.25. The molecule has 4 N–H and O–H groups in total. The number of aliphatic hydroxyl groups excluding tert-OH is 1. The van der Waals surface area contributed by atoms with Crippen molar-refractivity contribution in [2.75, 3.05) is 11.9 Å². The highest BCUT2D eigenvalue weighted by molar-refractivity contribution is 5.95. The first-order chi connectivity index (χ1) is 9.63. The molecule has 1 unspecified atom stereocenters. The average Bonchev–Trinajstić information content (AvgIpc) is 3.01. The van der Waals surface area contributed by atoms with Gasteiger partial charge in [-0.3, -0.25) is 4.57 Å². The highest BCUT2D eigenvalue weighted by Crippen LogP contribution is 2.36. The van der Waals surface area contributed by atoms with Crippen molar-refractivity contribution in [2.24, 2.45) is 16.6 Å². The average molecular weight is 279 g/mol. The van der Waals surface area contributed by atoms with Crippen LogP contribution < -0.4 is 11.1 Å². The number of aliphatic hydroxyl groups is 1. The van der Waals surface area contributed by atoms with Crippen LogP contribution in [-0.2, 0) is 9.53 Å². The van der Waals surface area contributed by atoms with Gasteiger partial charge in [0.2, 0.25) is 0 Å². The molecule has 3 heterocycles. The number of aromatic nitrogens is 2. The Balaban J connectivity index is 1.89. The van der Waals surface area contributed by atoms with Crippen LogP contribution in [-0.4, -0.2) is 39.5 Å². The molecule has 1 aromatic rings. The number of nitrogens with two attached hydrogens (primary N) is 1. The molecule has 0 spiro atoms. The number of hydrogen-bond donors (Lipinski definition) is 3. The monoisotopic (exact) mass is 279 g/mol. The van der Waals surface area contributed by atoms with Crippen LogP contribution in [0.4, 0.5) is 5.82 Å². The number of carbonyl (C=O) groups excluding carboxylic acids is 1. The van der Waals surface area contributed by atoms with E-state index in [0.29, 0.717) is 18.0 Å². The van der Waals surface area contributed by atoms with Gasteiger partial charge in [-0.15, -0.1) is 0 Å². The highest BCUT2D eigenvalue weighted by Gasteiger charge is 2.37. The van der Waals surface area contributed by atoms with E-state index in [1.54, 1.807) is 10.9 Å². The molecule has 0 saturated carbocycles. The molecule has 1 aromatic heterocycles. The highest BCUT2D eigenvalue weighted by atomic mass is 16.5. The van der Waals surface area contributed by atoms with Gasteiger partial charge in [-0.2, -0.15) is 0 Å². The first kappa shape index (κ1) is 13.2. The van der Waals surface area contributed by atoms with Gasteiger partial charge in [-0.25, -0.2) is 9.98 Å². The van der Waals surface area contributed by atoms with Gasteiger partial charge < -0.3 is 25.7 Å². The fraction of sp³-hybridized carbons (Fsp3) is 0.583. The molecular formula is C12H17N5O3. The molecule has 8 heteroatoms. The van der Waals surface area contributed by atoms with E-state index in [9.17, 15) is 9.90 Å². The zero-order valence-corrected chi connectivity index (χ0v) is 11.1. The third-order valence-corrected chi connectivity index (χ3v) is 3.68. The van der Waals surface area contributed by atoms with Crippen molar-refractivity contribution in [1.82, 2.24) is 9.55 Å². The molecule has 0 aliphatic carbocycles. The number of anilines is 1. The minimum absolute atomic E-state index is 0.176. The Kier molecular flexibility index (Phi) is 3.28. The van der Waals surface area contributed by atoms with E-state index in [0.717, 1.165) is 12.1 Å². The molecule has 20 heavy (non-hydrogen) atoms. The maximum absolute atomic E-state index is 11.0. The van der Waals surface area contributed by atoms with Gasteiger partial charge in [-0.1, -0.05) is 0 Å². The molecular weight excluding hydrogens is 262 g/mol. The Hall–Kier alpha value is -1.77. The van der Waals surface area contributed by atoms with Gasteiger partial charge in [-0.05, 0) is 6.92 Å². The summed E-state index contributed by atoms with van der Waals surface area (Å²) in [5.41, 5.74) is 6.56. The van der Waals surface area contributed by atoms with Crippen LogP contribution in [0.3, 0.4) is 0 Å². The van der Waals surface area contributed by atoms with Crippen molar-refractivity contribution in [1.29, 1.82) is 0 Å². The summed E-state index contributed by atoms with van der Waals surface area (Å²) in [5, 5.41) is 12.4. The van der Waals surface area contributed by atoms with Crippen LogP contribution in [0, 0.1) is 5.92 Å². The fourth-order valence-electron chi connectivity index (χ4n) is 2.66. The number of hydrogen-bond acceptors (Lipinski definition) is 7. The van der Waals surface area contributed by atoms with E-state index in [-0.39, 0.29) is 18.8 Å². The summed E-state index contributed by atoms with van der Waals surface area (Å²) in [7, 11) is 0. The molecule has 0 bridgehead atoms. The Morgan fingerprint density at radius 2 is 2.50 bits per heavy atom. The number of amidine groups is 1. The van der Waals surface area contributed by atoms with Crippen LogP contribution in [0.15, 0.2) is 11.3 Å². The number of nitrogens with zero attached hydrogens (tertiary/aromatic N) is 3. The smallest absolute Gasteiger partial charge is 0.145 e. The largest absolute Gasteiger partial charge is 0.394 e. The fourth-order valence-corrected chi connectivity index (χ4v) is 2.66. The molecule has 0 amide bonds. The van der Waals surface area contributed by atoms with Crippen molar-refractivity contribution in [3.8, 4) is 0 Å². The molecule has 0 aromatic carbocycles.